The lowest BCUT2D eigenvalue weighted by Crippen LogP contribution is -2.56. The van der Waals surface area contributed by atoms with Crippen LogP contribution >= 0.6 is 0 Å². The van der Waals surface area contributed by atoms with Crippen LogP contribution in [0.1, 0.15) is 26.7 Å². The van der Waals surface area contributed by atoms with Crippen LogP contribution in [0.2, 0.25) is 0 Å². The molecule has 0 amide bonds. The summed E-state index contributed by atoms with van der Waals surface area (Å²) in [5.74, 6) is 0.679. The fourth-order valence-electron chi connectivity index (χ4n) is 2.73. The summed E-state index contributed by atoms with van der Waals surface area (Å²) in [5.41, 5.74) is 6.10. The lowest BCUT2D eigenvalue weighted by Gasteiger charge is -2.42. The molecule has 0 spiro atoms. The van der Waals surface area contributed by atoms with Crippen LogP contribution < -0.4 is 5.73 Å². The minimum Gasteiger partial charge on any atom is -0.381 e. The molecule has 3 heteroatoms. The molecule has 1 rings (SSSR count). The van der Waals surface area contributed by atoms with Gasteiger partial charge in [-0.3, -0.25) is 0 Å². The van der Waals surface area contributed by atoms with Crippen molar-refractivity contribution in [2.24, 2.45) is 11.7 Å². The van der Waals surface area contributed by atoms with E-state index in [9.17, 15) is 0 Å². The van der Waals surface area contributed by atoms with E-state index in [0.29, 0.717) is 12.0 Å². The Kier molecular flexibility index (Phi) is 3.93. The maximum absolute atomic E-state index is 6.23. The summed E-state index contributed by atoms with van der Waals surface area (Å²) >= 11 is 0. The van der Waals surface area contributed by atoms with E-state index in [-0.39, 0.29) is 5.54 Å². The highest BCUT2D eigenvalue weighted by Crippen LogP contribution is 2.27. The highest BCUT2D eigenvalue weighted by Gasteiger charge is 2.35. The first-order chi connectivity index (χ1) is 6.43. The predicted octanol–water partition coefficient (Wildman–Crippen LogP) is 1.08. The molecule has 0 aliphatic carbocycles. The highest BCUT2D eigenvalue weighted by atomic mass is 16.5. The number of hydrogen-bond donors (Lipinski definition) is 1. The second kappa shape index (κ2) is 4.60. The average molecular weight is 200 g/mol. The van der Waals surface area contributed by atoms with Crippen molar-refractivity contribution in [1.82, 2.24) is 4.90 Å². The number of nitrogens with zero attached hydrogens (tertiary/aromatic N) is 1. The number of nitrogens with two attached hydrogens (primary N) is 1. The van der Waals surface area contributed by atoms with Gasteiger partial charge in [-0.05, 0) is 46.7 Å². The Labute approximate surface area is 87.6 Å². The summed E-state index contributed by atoms with van der Waals surface area (Å²) in [6, 6.07) is 0.450. The van der Waals surface area contributed by atoms with Crippen molar-refractivity contribution in [2.75, 3.05) is 27.3 Å². The molecule has 84 valence electrons. The van der Waals surface area contributed by atoms with Gasteiger partial charge in [0.05, 0.1) is 0 Å². The summed E-state index contributed by atoms with van der Waals surface area (Å²) in [4.78, 5) is 2.26. The molecule has 0 saturated carbocycles. The van der Waals surface area contributed by atoms with Gasteiger partial charge < -0.3 is 15.4 Å². The van der Waals surface area contributed by atoms with Gasteiger partial charge in [-0.2, -0.15) is 0 Å². The summed E-state index contributed by atoms with van der Waals surface area (Å²) in [6.07, 6.45) is 2.28. The third-order valence-corrected chi connectivity index (χ3v) is 3.03. The Morgan fingerprint density at radius 3 is 2.14 bits per heavy atom. The molecule has 1 heterocycles. The van der Waals surface area contributed by atoms with Gasteiger partial charge in [0.25, 0.3) is 0 Å². The lowest BCUT2D eigenvalue weighted by atomic mass is 9.80. The van der Waals surface area contributed by atoms with E-state index in [4.69, 9.17) is 10.5 Å². The highest BCUT2D eigenvalue weighted by molar-refractivity contribution is 4.93. The maximum atomic E-state index is 6.23. The molecule has 0 aromatic rings. The van der Waals surface area contributed by atoms with Gasteiger partial charge in [0.1, 0.15) is 0 Å². The van der Waals surface area contributed by atoms with E-state index in [0.717, 1.165) is 26.1 Å². The number of ether oxygens (including phenoxy) is 1. The minimum absolute atomic E-state index is 0.133. The SMILES string of the molecule is CN(C)C(C1CCOCC1)C(C)(C)N. The summed E-state index contributed by atoms with van der Waals surface area (Å²) < 4.78 is 5.38. The first-order valence-electron chi connectivity index (χ1n) is 5.46. The zero-order valence-electron chi connectivity index (χ0n) is 9.92. The lowest BCUT2D eigenvalue weighted by molar-refractivity contribution is 0.0197. The molecule has 1 saturated heterocycles. The molecule has 1 fully saturated rings. The molecule has 0 bridgehead atoms. The summed E-state index contributed by atoms with van der Waals surface area (Å²) in [7, 11) is 4.24. The van der Waals surface area contributed by atoms with Gasteiger partial charge in [-0.1, -0.05) is 0 Å². The van der Waals surface area contributed by atoms with Crippen LogP contribution in [0.15, 0.2) is 0 Å². The van der Waals surface area contributed by atoms with Crippen molar-refractivity contribution in [2.45, 2.75) is 38.3 Å². The van der Waals surface area contributed by atoms with Gasteiger partial charge in [-0.25, -0.2) is 0 Å². The molecule has 3 nitrogen and oxygen atoms in total. The van der Waals surface area contributed by atoms with Crippen LogP contribution in [0, 0.1) is 5.92 Å². The number of rotatable bonds is 3. The minimum atomic E-state index is -0.133. The van der Waals surface area contributed by atoms with E-state index < -0.39 is 0 Å². The van der Waals surface area contributed by atoms with Gasteiger partial charge in [0, 0.05) is 24.8 Å². The smallest absolute Gasteiger partial charge is 0.0469 e. The standard InChI is InChI=1S/C11H24N2O/c1-11(2,12)10(13(3)4)9-5-7-14-8-6-9/h9-10H,5-8,12H2,1-4H3. The molecular formula is C11H24N2O. The van der Waals surface area contributed by atoms with E-state index in [1.54, 1.807) is 0 Å². The summed E-state index contributed by atoms with van der Waals surface area (Å²) in [5, 5.41) is 0. The Bertz CT molecular complexity index is 169. The second-order valence-corrected chi connectivity index (χ2v) is 5.18. The largest absolute Gasteiger partial charge is 0.381 e. The van der Waals surface area contributed by atoms with Crippen LogP contribution in [0.4, 0.5) is 0 Å². The molecule has 14 heavy (non-hydrogen) atoms. The zero-order valence-corrected chi connectivity index (χ0v) is 9.92. The van der Waals surface area contributed by atoms with Crippen molar-refractivity contribution in [3.8, 4) is 0 Å². The molecule has 1 unspecified atom stereocenters. The normalized spacial score (nSPS) is 22.7. The van der Waals surface area contributed by atoms with Crippen molar-refractivity contribution in [3.05, 3.63) is 0 Å². The molecule has 1 aliphatic heterocycles. The Balaban J connectivity index is 2.66. The van der Waals surface area contributed by atoms with E-state index in [1.165, 1.54) is 0 Å². The predicted molar refractivity (Wildman–Crippen MR) is 59.3 cm³/mol. The fraction of sp³-hybridized carbons (Fsp3) is 1.00. The number of likely N-dealkylation sites (N-methyl/N-ethyl adjacent to an activating group) is 1. The summed E-state index contributed by atoms with van der Waals surface area (Å²) in [6.45, 7) is 6.02. The molecule has 2 N–H and O–H groups in total. The average Bonchev–Trinajstić information content (AvgIpc) is 2.02. The third kappa shape index (κ3) is 2.94. The Hall–Kier alpha value is -0.120. The van der Waals surface area contributed by atoms with Crippen LogP contribution in [0.5, 0.6) is 0 Å². The van der Waals surface area contributed by atoms with Crippen LogP contribution in [-0.4, -0.2) is 43.8 Å². The molecule has 0 aromatic heterocycles. The van der Waals surface area contributed by atoms with E-state index in [2.05, 4.69) is 32.8 Å². The second-order valence-electron chi connectivity index (χ2n) is 5.18. The first kappa shape index (κ1) is 12.0. The fourth-order valence-corrected chi connectivity index (χ4v) is 2.73. The van der Waals surface area contributed by atoms with E-state index in [1.807, 2.05) is 0 Å². The van der Waals surface area contributed by atoms with Gasteiger partial charge >= 0.3 is 0 Å². The molecular weight excluding hydrogens is 176 g/mol. The van der Waals surface area contributed by atoms with Gasteiger partial charge in [0.15, 0.2) is 0 Å². The van der Waals surface area contributed by atoms with Gasteiger partial charge in [0.2, 0.25) is 0 Å². The van der Waals surface area contributed by atoms with Crippen molar-refractivity contribution < 1.29 is 4.74 Å². The monoisotopic (exact) mass is 200 g/mol. The third-order valence-electron chi connectivity index (χ3n) is 3.03. The van der Waals surface area contributed by atoms with Crippen LogP contribution in [0.3, 0.4) is 0 Å². The maximum Gasteiger partial charge on any atom is 0.0469 e. The van der Waals surface area contributed by atoms with Crippen LogP contribution in [0.25, 0.3) is 0 Å². The Morgan fingerprint density at radius 1 is 1.29 bits per heavy atom. The number of hydrogen-bond acceptors (Lipinski definition) is 3. The topological polar surface area (TPSA) is 38.5 Å². The quantitative estimate of drug-likeness (QED) is 0.741. The molecule has 1 aliphatic rings. The zero-order chi connectivity index (χ0) is 10.8. The van der Waals surface area contributed by atoms with E-state index >= 15 is 0 Å². The molecule has 1 atom stereocenters. The van der Waals surface area contributed by atoms with Crippen molar-refractivity contribution in [3.63, 3.8) is 0 Å². The van der Waals surface area contributed by atoms with Gasteiger partial charge in [-0.15, -0.1) is 0 Å². The first-order valence-corrected chi connectivity index (χ1v) is 5.46. The Morgan fingerprint density at radius 2 is 1.79 bits per heavy atom. The van der Waals surface area contributed by atoms with Crippen molar-refractivity contribution in [1.29, 1.82) is 0 Å². The van der Waals surface area contributed by atoms with Crippen LogP contribution in [-0.2, 0) is 4.74 Å². The van der Waals surface area contributed by atoms with Crippen molar-refractivity contribution >= 4 is 0 Å². The molecule has 0 aromatic carbocycles. The molecule has 0 radical (unpaired) electrons.